The summed E-state index contributed by atoms with van der Waals surface area (Å²) in [6.07, 6.45) is 1.35. The van der Waals surface area contributed by atoms with Gasteiger partial charge < -0.3 is 15.7 Å². The zero-order valence-corrected chi connectivity index (χ0v) is 15.3. The molecule has 2 rings (SSSR count). The van der Waals surface area contributed by atoms with E-state index in [1.165, 1.54) is 11.1 Å². The number of hydrogen-bond donors (Lipinski definition) is 3. The molecular weight excluding hydrogens is 312 g/mol. The molecule has 0 heterocycles. The maximum atomic E-state index is 12.5. The molecule has 0 fully saturated rings. The Balaban J connectivity index is 2.04. The predicted molar refractivity (Wildman–Crippen MR) is 102 cm³/mol. The van der Waals surface area contributed by atoms with E-state index in [0.29, 0.717) is 12.8 Å². The van der Waals surface area contributed by atoms with Crippen molar-refractivity contribution in [2.75, 3.05) is 6.61 Å². The van der Waals surface area contributed by atoms with Gasteiger partial charge in [0, 0.05) is 6.61 Å². The molecule has 4 nitrogen and oxygen atoms in total. The van der Waals surface area contributed by atoms with Crippen LogP contribution in [0.2, 0.25) is 0 Å². The molecule has 2 atom stereocenters. The fraction of sp³-hybridized carbons (Fsp3) is 0.381. The molecule has 2 amide bonds. The second-order valence-electron chi connectivity index (χ2n) is 6.46. The molecule has 4 heteroatoms. The topological polar surface area (TPSA) is 61.4 Å². The van der Waals surface area contributed by atoms with E-state index in [1.807, 2.05) is 49.4 Å². The zero-order valence-electron chi connectivity index (χ0n) is 15.3. The summed E-state index contributed by atoms with van der Waals surface area (Å²) >= 11 is 0. The van der Waals surface area contributed by atoms with Crippen molar-refractivity contribution in [3.8, 4) is 0 Å². The second-order valence-corrected chi connectivity index (χ2v) is 6.46. The van der Waals surface area contributed by atoms with Crippen LogP contribution in [0.25, 0.3) is 0 Å². The van der Waals surface area contributed by atoms with Crippen molar-refractivity contribution in [1.82, 2.24) is 10.6 Å². The number of amides is 2. The minimum absolute atomic E-state index is 0.0748. The Morgan fingerprint density at radius 1 is 1.04 bits per heavy atom. The molecule has 0 aliphatic rings. The van der Waals surface area contributed by atoms with Crippen LogP contribution in [-0.2, 0) is 0 Å². The van der Waals surface area contributed by atoms with Crippen molar-refractivity contribution in [2.24, 2.45) is 0 Å². The number of aryl methyl sites for hydroxylation is 1. The molecule has 25 heavy (non-hydrogen) atoms. The number of benzene rings is 2. The zero-order chi connectivity index (χ0) is 18.2. The minimum atomic E-state index is -0.194. The van der Waals surface area contributed by atoms with Crippen molar-refractivity contribution >= 4 is 6.03 Å². The maximum absolute atomic E-state index is 12.5. The first-order valence-electron chi connectivity index (χ1n) is 8.82. The van der Waals surface area contributed by atoms with Crippen LogP contribution < -0.4 is 10.6 Å². The van der Waals surface area contributed by atoms with Crippen LogP contribution in [0.3, 0.4) is 0 Å². The Morgan fingerprint density at radius 2 is 1.76 bits per heavy atom. The fourth-order valence-electron chi connectivity index (χ4n) is 3.02. The molecule has 0 aromatic heterocycles. The quantitative estimate of drug-likeness (QED) is 0.708. The average Bonchev–Trinajstić information content (AvgIpc) is 2.61. The second kappa shape index (κ2) is 9.23. The number of aliphatic hydroxyl groups excluding tert-OH is 1. The molecule has 3 N–H and O–H groups in total. The third-order valence-corrected chi connectivity index (χ3v) is 4.62. The van der Waals surface area contributed by atoms with Crippen molar-refractivity contribution in [1.29, 1.82) is 0 Å². The van der Waals surface area contributed by atoms with Crippen molar-refractivity contribution in [3.63, 3.8) is 0 Å². The molecule has 134 valence electrons. The molecule has 0 radical (unpaired) electrons. The molecule has 0 bridgehead atoms. The maximum Gasteiger partial charge on any atom is 0.315 e. The van der Waals surface area contributed by atoms with Gasteiger partial charge in [-0.3, -0.25) is 0 Å². The normalized spacial score (nSPS) is 13.1. The lowest BCUT2D eigenvalue weighted by molar-refractivity contribution is 0.230. The van der Waals surface area contributed by atoms with Crippen LogP contribution in [0.4, 0.5) is 4.79 Å². The average molecular weight is 340 g/mol. The van der Waals surface area contributed by atoms with Crippen molar-refractivity contribution in [3.05, 3.63) is 70.8 Å². The van der Waals surface area contributed by atoms with Gasteiger partial charge in [0.05, 0.1) is 12.1 Å². The van der Waals surface area contributed by atoms with Crippen molar-refractivity contribution < 1.29 is 9.90 Å². The number of nitrogens with one attached hydrogen (secondary N) is 2. The summed E-state index contributed by atoms with van der Waals surface area (Å²) in [5, 5.41) is 15.2. The molecule has 2 aromatic carbocycles. The van der Waals surface area contributed by atoms with E-state index in [2.05, 4.69) is 30.5 Å². The molecule has 2 aromatic rings. The van der Waals surface area contributed by atoms with E-state index >= 15 is 0 Å². The van der Waals surface area contributed by atoms with Crippen LogP contribution in [0.15, 0.2) is 48.5 Å². The molecule has 0 aliphatic carbocycles. The summed E-state index contributed by atoms with van der Waals surface area (Å²) in [6, 6.07) is 15.6. The minimum Gasteiger partial charge on any atom is -0.396 e. The molecular formula is C21H28N2O2. The standard InChI is InChI=1S/C21H28N2O2/c1-15-9-7-12-19(16(15)2)17(3)22-21(25)23-20(13-8-14-24)18-10-5-4-6-11-18/h4-7,9-12,17,20,24H,8,13-14H2,1-3H3,(H2,22,23,25). The Bertz CT molecular complexity index is 686. The first-order valence-corrected chi connectivity index (χ1v) is 8.82. The van der Waals surface area contributed by atoms with Crippen LogP contribution in [0.5, 0.6) is 0 Å². The van der Waals surface area contributed by atoms with E-state index in [4.69, 9.17) is 5.11 Å². The van der Waals surface area contributed by atoms with Crippen molar-refractivity contribution in [2.45, 2.75) is 45.7 Å². The van der Waals surface area contributed by atoms with Gasteiger partial charge in [0.25, 0.3) is 0 Å². The lowest BCUT2D eigenvalue weighted by Gasteiger charge is -2.22. The summed E-state index contributed by atoms with van der Waals surface area (Å²) in [6.45, 7) is 6.26. The molecule has 0 saturated heterocycles. The van der Waals surface area contributed by atoms with Crippen LogP contribution >= 0.6 is 0 Å². The highest BCUT2D eigenvalue weighted by atomic mass is 16.3. The monoisotopic (exact) mass is 340 g/mol. The summed E-state index contributed by atoms with van der Waals surface area (Å²) in [4.78, 5) is 12.5. The third kappa shape index (κ3) is 5.33. The van der Waals surface area contributed by atoms with Crippen LogP contribution in [0, 0.1) is 13.8 Å². The number of carbonyl (C=O) groups excluding carboxylic acids is 1. The molecule has 2 unspecified atom stereocenters. The lowest BCUT2D eigenvalue weighted by atomic mass is 9.98. The van der Waals surface area contributed by atoms with E-state index in [0.717, 1.165) is 11.1 Å². The number of aliphatic hydroxyl groups is 1. The van der Waals surface area contributed by atoms with Gasteiger partial charge in [-0.05, 0) is 55.9 Å². The van der Waals surface area contributed by atoms with Gasteiger partial charge in [0.2, 0.25) is 0 Å². The van der Waals surface area contributed by atoms with Crippen LogP contribution in [-0.4, -0.2) is 17.7 Å². The number of carbonyl (C=O) groups is 1. The van der Waals surface area contributed by atoms with Gasteiger partial charge in [-0.2, -0.15) is 0 Å². The van der Waals surface area contributed by atoms with Gasteiger partial charge in [0.1, 0.15) is 0 Å². The predicted octanol–water partition coefficient (Wildman–Crippen LogP) is 4.18. The molecule has 0 spiro atoms. The number of rotatable bonds is 7. The summed E-state index contributed by atoms with van der Waals surface area (Å²) in [5.41, 5.74) is 4.60. The highest BCUT2D eigenvalue weighted by Gasteiger charge is 2.17. The lowest BCUT2D eigenvalue weighted by Crippen LogP contribution is -2.39. The SMILES string of the molecule is Cc1cccc(C(C)NC(=O)NC(CCCO)c2ccccc2)c1C. The van der Waals surface area contributed by atoms with E-state index in [9.17, 15) is 4.79 Å². The molecule has 0 aliphatic heterocycles. The highest BCUT2D eigenvalue weighted by molar-refractivity contribution is 5.75. The van der Waals surface area contributed by atoms with E-state index in [-0.39, 0.29) is 24.7 Å². The van der Waals surface area contributed by atoms with E-state index in [1.54, 1.807) is 0 Å². The smallest absolute Gasteiger partial charge is 0.315 e. The summed E-state index contributed by atoms with van der Waals surface area (Å²) in [5.74, 6) is 0. The largest absolute Gasteiger partial charge is 0.396 e. The third-order valence-electron chi connectivity index (χ3n) is 4.62. The highest BCUT2D eigenvalue weighted by Crippen LogP contribution is 2.21. The first-order chi connectivity index (χ1) is 12.0. The summed E-state index contributed by atoms with van der Waals surface area (Å²) < 4.78 is 0. The number of hydrogen-bond acceptors (Lipinski definition) is 2. The van der Waals surface area contributed by atoms with Gasteiger partial charge in [0.15, 0.2) is 0 Å². The Hall–Kier alpha value is -2.33. The van der Waals surface area contributed by atoms with Gasteiger partial charge in [-0.15, -0.1) is 0 Å². The Labute approximate surface area is 150 Å². The number of urea groups is 1. The Morgan fingerprint density at radius 3 is 2.44 bits per heavy atom. The van der Waals surface area contributed by atoms with Gasteiger partial charge in [-0.25, -0.2) is 4.79 Å². The van der Waals surface area contributed by atoms with Crippen LogP contribution in [0.1, 0.15) is 54.1 Å². The Kier molecular flexibility index (Phi) is 7.02. The van der Waals surface area contributed by atoms with E-state index < -0.39 is 0 Å². The fourth-order valence-corrected chi connectivity index (χ4v) is 3.02. The molecule has 0 saturated carbocycles. The van der Waals surface area contributed by atoms with Gasteiger partial charge >= 0.3 is 6.03 Å². The van der Waals surface area contributed by atoms with Gasteiger partial charge in [-0.1, -0.05) is 48.5 Å². The first kappa shape index (κ1) is 19.0. The summed E-state index contributed by atoms with van der Waals surface area (Å²) in [7, 11) is 0.